The lowest BCUT2D eigenvalue weighted by Crippen LogP contribution is -2.26. The molecular weight excluding hydrogens is 287 g/mol. The van der Waals surface area contributed by atoms with Crippen LogP contribution in [0.5, 0.6) is 0 Å². The van der Waals surface area contributed by atoms with E-state index in [0.29, 0.717) is 5.82 Å². The van der Waals surface area contributed by atoms with Crippen molar-refractivity contribution in [3.63, 3.8) is 0 Å². The molecule has 0 radical (unpaired) electrons. The molecule has 6 nitrogen and oxygen atoms in total. The Hall–Kier alpha value is -0.760. The van der Waals surface area contributed by atoms with Crippen molar-refractivity contribution in [2.24, 2.45) is 0 Å². The fourth-order valence-corrected chi connectivity index (χ4v) is 2.01. The average Bonchev–Trinajstić information content (AvgIpc) is 2.25. The number of hydrogen-bond acceptors (Lipinski definition) is 5. The minimum atomic E-state index is -3.26. The first-order valence-corrected chi connectivity index (χ1v) is 7.03. The van der Waals surface area contributed by atoms with Crippen molar-refractivity contribution in [1.29, 1.82) is 0 Å². The third-order valence-electron chi connectivity index (χ3n) is 1.93. The van der Waals surface area contributed by atoms with Crippen LogP contribution in [0.25, 0.3) is 0 Å². The van der Waals surface area contributed by atoms with E-state index in [0.717, 1.165) is 0 Å². The number of pyridine rings is 1. The van der Waals surface area contributed by atoms with Gasteiger partial charge in [-0.3, -0.25) is 0 Å². The van der Waals surface area contributed by atoms with E-state index in [-0.39, 0.29) is 28.2 Å². The summed E-state index contributed by atoms with van der Waals surface area (Å²) < 4.78 is 24.5. The van der Waals surface area contributed by atoms with Gasteiger partial charge in [-0.1, -0.05) is 23.2 Å². The van der Waals surface area contributed by atoms with E-state index in [2.05, 4.69) is 15.0 Å². The van der Waals surface area contributed by atoms with Crippen molar-refractivity contribution in [2.45, 2.75) is 0 Å². The van der Waals surface area contributed by atoms with Gasteiger partial charge in [0, 0.05) is 6.54 Å². The van der Waals surface area contributed by atoms with E-state index in [1.807, 2.05) is 0 Å². The summed E-state index contributed by atoms with van der Waals surface area (Å²) in [5, 5.41) is 3.31. The lowest BCUT2D eigenvalue weighted by atomic mass is 10.4. The zero-order valence-electron chi connectivity index (χ0n) is 9.00. The molecule has 1 heterocycles. The highest BCUT2D eigenvalue weighted by molar-refractivity contribution is 7.89. The summed E-state index contributed by atoms with van der Waals surface area (Å²) in [7, 11) is -1.91. The van der Waals surface area contributed by atoms with Crippen LogP contribution in [0.1, 0.15) is 0 Å². The Bertz CT molecular complexity index is 506. The summed E-state index contributed by atoms with van der Waals surface area (Å²) in [5.74, 6) is 0.347. The van der Waals surface area contributed by atoms with Crippen LogP contribution in [0.2, 0.25) is 10.0 Å². The first-order valence-electron chi connectivity index (χ1n) is 4.62. The highest BCUT2D eigenvalue weighted by Crippen LogP contribution is 2.27. The van der Waals surface area contributed by atoms with Crippen molar-refractivity contribution < 1.29 is 8.42 Å². The molecule has 1 rings (SSSR count). The van der Waals surface area contributed by atoms with Crippen molar-refractivity contribution in [1.82, 2.24) is 9.71 Å². The Morgan fingerprint density at radius 3 is 2.65 bits per heavy atom. The maximum Gasteiger partial charge on any atom is 0.213 e. The molecule has 0 aromatic carbocycles. The molecule has 0 fully saturated rings. The van der Waals surface area contributed by atoms with Gasteiger partial charge in [-0.05, 0) is 13.1 Å². The smallest absolute Gasteiger partial charge is 0.213 e. The lowest BCUT2D eigenvalue weighted by molar-refractivity contribution is 0.588. The second-order valence-corrected chi connectivity index (χ2v) is 6.00. The normalized spacial score (nSPS) is 11.5. The topological polar surface area (TPSA) is 97.1 Å². The minimum Gasteiger partial charge on any atom is -0.382 e. The van der Waals surface area contributed by atoms with Crippen molar-refractivity contribution >= 4 is 44.9 Å². The standard InChI is InChI=1S/C8H12Cl2N4O2S/c1-12-17(15,16)3-2-13-8-6(10)4-5(9)7(11)14-8/h4,12H,2-3H2,1H3,(H3,11,13,14). The number of anilines is 2. The van der Waals surface area contributed by atoms with Crippen LogP contribution in [-0.2, 0) is 10.0 Å². The molecular formula is C8H12Cl2N4O2S. The van der Waals surface area contributed by atoms with Crippen molar-refractivity contribution in [3.05, 3.63) is 16.1 Å². The van der Waals surface area contributed by atoms with Gasteiger partial charge in [0.15, 0.2) is 0 Å². The molecule has 0 atom stereocenters. The van der Waals surface area contributed by atoms with Crippen LogP contribution in [0, 0.1) is 0 Å². The van der Waals surface area contributed by atoms with Gasteiger partial charge in [0.05, 0.1) is 15.8 Å². The maximum atomic E-state index is 11.1. The van der Waals surface area contributed by atoms with Crippen LogP contribution >= 0.6 is 23.2 Å². The van der Waals surface area contributed by atoms with Gasteiger partial charge in [-0.15, -0.1) is 0 Å². The molecule has 0 spiro atoms. The molecule has 0 unspecified atom stereocenters. The van der Waals surface area contributed by atoms with E-state index in [4.69, 9.17) is 28.9 Å². The molecule has 0 aliphatic rings. The van der Waals surface area contributed by atoms with E-state index < -0.39 is 10.0 Å². The van der Waals surface area contributed by atoms with Crippen LogP contribution in [0.15, 0.2) is 6.07 Å². The Kier molecular flexibility index (Phi) is 4.81. The third-order valence-corrected chi connectivity index (χ3v) is 3.89. The molecule has 0 aliphatic carbocycles. The average molecular weight is 299 g/mol. The zero-order valence-corrected chi connectivity index (χ0v) is 11.3. The summed E-state index contributed by atoms with van der Waals surface area (Å²) in [6.45, 7) is 0.164. The van der Waals surface area contributed by atoms with Gasteiger partial charge >= 0.3 is 0 Å². The summed E-state index contributed by atoms with van der Waals surface area (Å²) in [5.41, 5.74) is 5.50. The molecule has 0 amide bonds. The van der Waals surface area contributed by atoms with Crippen LogP contribution in [-0.4, -0.2) is 32.7 Å². The van der Waals surface area contributed by atoms with Gasteiger partial charge in [0.2, 0.25) is 10.0 Å². The number of nitrogen functional groups attached to an aromatic ring is 1. The highest BCUT2D eigenvalue weighted by atomic mass is 35.5. The Labute approximate surface area is 110 Å². The number of hydrogen-bond donors (Lipinski definition) is 3. The van der Waals surface area contributed by atoms with Crippen molar-refractivity contribution in [2.75, 3.05) is 30.4 Å². The first-order chi connectivity index (χ1) is 7.85. The van der Waals surface area contributed by atoms with Gasteiger partial charge in [-0.25, -0.2) is 18.1 Å². The second-order valence-electron chi connectivity index (χ2n) is 3.14. The molecule has 0 saturated heterocycles. The van der Waals surface area contributed by atoms with Crippen LogP contribution < -0.4 is 15.8 Å². The Morgan fingerprint density at radius 2 is 2.06 bits per heavy atom. The third kappa shape index (κ3) is 4.19. The number of sulfonamides is 1. The van der Waals surface area contributed by atoms with Gasteiger partial charge in [0.1, 0.15) is 11.6 Å². The molecule has 0 aliphatic heterocycles. The number of nitrogens with zero attached hydrogens (tertiary/aromatic N) is 1. The predicted molar refractivity (Wildman–Crippen MR) is 70.0 cm³/mol. The predicted octanol–water partition coefficient (Wildman–Crippen LogP) is 0.932. The minimum absolute atomic E-state index is 0.0932. The zero-order chi connectivity index (χ0) is 13.1. The largest absolute Gasteiger partial charge is 0.382 e. The summed E-state index contributed by atoms with van der Waals surface area (Å²) in [4.78, 5) is 3.91. The summed E-state index contributed by atoms with van der Waals surface area (Å²) in [6.07, 6.45) is 0. The fraction of sp³-hybridized carbons (Fsp3) is 0.375. The number of aromatic nitrogens is 1. The maximum absolute atomic E-state index is 11.1. The molecule has 17 heavy (non-hydrogen) atoms. The number of nitrogens with two attached hydrogens (primary N) is 1. The van der Waals surface area contributed by atoms with E-state index in [1.54, 1.807) is 0 Å². The molecule has 9 heteroatoms. The SMILES string of the molecule is CNS(=O)(=O)CCNc1nc(N)c(Cl)cc1Cl. The van der Waals surface area contributed by atoms with Crippen molar-refractivity contribution in [3.8, 4) is 0 Å². The van der Waals surface area contributed by atoms with E-state index in [9.17, 15) is 8.42 Å². The summed E-state index contributed by atoms with van der Waals surface area (Å²) in [6, 6.07) is 1.44. The Balaban J connectivity index is 2.68. The summed E-state index contributed by atoms with van der Waals surface area (Å²) >= 11 is 11.6. The number of nitrogens with one attached hydrogen (secondary N) is 2. The van der Waals surface area contributed by atoms with E-state index >= 15 is 0 Å². The molecule has 1 aromatic heterocycles. The first kappa shape index (κ1) is 14.3. The Morgan fingerprint density at radius 1 is 1.41 bits per heavy atom. The molecule has 0 bridgehead atoms. The second kappa shape index (κ2) is 5.72. The number of rotatable bonds is 5. The van der Waals surface area contributed by atoms with Gasteiger partial charge in [0.25, 0.3) is 0 Å². The van der Waals surface area contributed by atoms with Crippen LogP contribution in [0.4, 0.5) is 11.6 Å². The van der Waals surface area contributed by atoms with Crippen LogP contribution in [0.3, 0.4) is 0 Å². The van der Waals surface area contributed by atoms with Gasteiger partial charge in [-0.2, -0.15) is 0 Å². The number of halogens is 2. The lowest BCUT2D eigenvalue weighted by Gasteiger charge is -2.09. The van der Waals surface area contributed by atoms with E-state index in [1.165, 1.54) is 13.1 Å². The fourth-order valence-electron chi connectivity index (χ4n) is 1.01. The quantitative estimate of drug-likeness (QED) is 0.751. The monoisotopic (exact) mass is 298 g/mol. The molecule has 96 valence electrons. The molecule has 1 aromatic rings. The highest BCUT2D eigenvalue weighted by Gasteiger charge is 2.09. The molecule has 0 saturated carbocycles. The van der Waals surface area contributed by atoms with Gasteiger partial charge < -0.3 is 11.1 Å². The molecule has 4 N–H and O–H groups in total.